The molecule has 1 aromatic carbocycles. The number of carbonyl (C=O) groups is 1. The molecule has 128 valence electrons. The van der Waals surface area contributed by atoms with Crippen molar-refractivity contribution in [3.05, 3.63) is 42.4 Å². The third-order valence-corrected chi connectivity index (χ3v) is 3.42. The monoisotopic (exact) mass is 328 g/mol. The van der Waals surface area contributed by atoms with E-state index in [2.05, 4.69) is 15.3 Å². The molecule has 0 bridgehead atoms. The standard InChI is InChI=1S/C18H24N4O2/c1-5-22(6-2)18(23)16-11-20-17(12-19-16)21-14-7-9-15(10-8-14)24-13(3)4/h7-13H,5-6H2,1-4H3,(H,20,21). The molecule has 0 aliphatic carbocycles. The molecule has 0 spiro atoms. The molecule has 0 aliphatic heterocycles. The fourth-order valence-corrected chi connectivity index (χ4v) is 2.21. The van der Waals surface area contributed by atoms with E-state index in [0.29, 0.717) is 24.6 Å². The van der Waals surface area contributed by atoms with Crippen molar-refractivity contribution in [1.29, 1.82) is 0 Å². The van der Waals surface area contributed by atoms with Gasteiger partial charge in [0.15, 0.2) is 0 Å². The highest BCUT2D eigenvalue weighted by molar-refractivity contribution is 5.92. The van der Waals surface area contributed by atoms with Gasteiger partial charge in [-0.3, -0.25) is 4.79 Å². The minimum Gasteiger partial charge on any atom is -0.491 e. The Kier molecular flexibility index (Phi) is 6.12. The smallest absolute Gasteiger partial charge is 0.274 e. The van der Waals surface area contributed by atoms with E-state index in [0.717, 1.165) is 11.4 Å². The molecule has 1 heterocycles. The Morgan fingerprint density at radius 1 is 1.12 bits per heavy atom. The number of carbonyl (C=O) groups excluding carboxylic acids is 1. The molecule has 6 heteroatoms. The number of hydrogen-bond acceptors (Lipinski definition) is 5. The minimum absolute atomic E-state index is 0.103. The molecule has 1 N–H and O–H groups in total. The van der Waals surface area contributed by atoms with Gasteiger partial charge in [0.1, 0.15) is 17.3 Å². The van der Waals surface area contributed by atoms with Crippen molar-refractivity contribution in [3.63, 3.8) is 0 Å². The van der Waals surface area contributed by atoms with E-state index in [9.17, 15) is 4.79 Å². The van der Waals surface area contributed by atoms with Crippen LogP contribution in [-0.4, -0.2) is 40.0 Å². The third kappa shape index (κ3) is 4.68. The molecule has 1 aromatic heterocycles. The summed E-state index contributed by atoms with van der Waals surface area (Å²) in [5.74, 6) is 1.31. The van der Waals surface area contributed by atoms with Crippen molar-refractivity contribution in [2.75, 3.05) is 18.4 Å². The lowest BCUT2D eigenvalue weighted by Gasteiger charge is -2.17. The number of nitrogens with one attached hydrogen (secondary N) is 1. The number of anilines is 2. The van der Waals surface area contributed by atoms with Crippen LogP contribution in [0.15, 0.2) is 36.7 Å². The summed E-state index contributed by atoms with van der Waals surface area (Å²) >= 11 is 0. The van der Waals surface area contributed by atoms with E-state index in [1.54, 1.807) is 11.1 Å². The summed E-state index contributed by atoms with van der Waals surface area (Å²) in [5, 5.41) is 3.15. The molecule has 24 heavy (non-hydrogen) atoms. The highest BCUT2D eigenvalue weighted by Gasteiger charge is 2.14. The molecule has 0 saturated carbocycles. The predicted molar refractivity (Wildman–Crippen MR) is 94.8 cm³/mol. The molecule has 0 aliphatic rings. The van der Waals surface area contributed by atoms with Crippen LogP contribution in [0.3, 0.4) is 0 Å². The quantitative estimate of drug-likeness (QED) is 0.842. The summed E-state index contributed by atoms with van der Waals surface area (Å²) in [6.45, 7) is 9.17. The first-order valence-electron chi connectivity index (χ1n) is 8.18. The van der Waals surface area contributed by atoms with Crippen molar-refractivity contribution in [2.24, 2.45) is 0 Å². The van der Waals surface area contributed by atoms with Crippen molar-refractivity contribution in [3.8, 4) is 5.75 Å². The summed E-state index contributed by atoms with van der Waals surface area (Å²) in [5.41, 5.74) is 1.23. The summed E-state index contributed by atoms with van der Waals surface area (Å²) in [4.78, 5) is 22.4. The predicted octanol–water partition coefficient (Wildman–Crippen LogP) is 3.49. The highest BCUT2D eigenvalue weighted by Crippen LogP contribution is 2.19. The van der Waals surface area contributed by atoms with Gasteiger partial charge >= 0.3 is 0 Å². The maximum atomic E-state index is 12.2. The van der Waals surface area contributed by atoms with Gasteiger partial charge in [-0.2, -0.15) is 0 Å². The number of aromatic nitrogens is 2. The Balaban J connectivity index is 2.02. The number of rotatable bonds is 7. The minimum atomic E-state index is -0.103. The summed E-state index contributed by atoms with van der Waals surface area (Å²) < 4.78 is 5.61. The molecule has 0 fully saturated rings. The first kappa shape index (κ1) is 17.7. The molecule has 0 unspecified atom stereocenters. The van der Waals surface area contributed by atoms with Crippen molar-refractivity contribution >= 4 is 17.4 Å². The van der Waals surface area contributed by atoms with Gasteiger partial charge in [-0.1, -0.05) is 0 Å². The van der Waals surface area contributed by atoms with E-state index in [1.807, 2.05) is 52.0 Å². The van der Waals surface area contributed by atoms with Crippen LogP contribution in [0.4, 0.5) is 11.5 Å². The van der Waals surface area contributed by atoms with Gasteiger partial charge in [0.25, 0.3) is 5.91 Å². The van der Waals surface area contributed by atoms with E-state index >= 15 is 0 Å². The Bertz CT molecular complexity index is 650. The lowest BCUT2D eigenvalue weighted by atomic mass is 10.3. The first-order valence-corrected chi connectivity index (χ1v) is 8.18. The largest absolute Gasteiger partial charge is 0.491 e. The molecule has 6 nitrogen and oxygen atoms in total. The lowest BCUT2D eigenvalue weighted by molar-refractivity contribution is 0.0766. The zero-order chi connectivity index (χ0) is 17.5. The SMILES string of the molecule is CCN(CC)C(=O)c1cnc(Nc2ccc(OC(C)C)cc2)cn1. The molecular weight excluding hydrogens is 304 g/mol. The van der Waals surface area contributed by atoms with Crippen molar-refractivity contribution in [1.82, 2.24) is 14.9 Å². The van der Waals surface area contributed by atoms with E-state index in [1.165, 1.54) is 6.20 Å². The van der Waals surface area contributed by atoms with E-state index < -0.39 is 0 Å². The van der Waals surface area contributed by atoms with Gasteiger partial charge in [0.2, 0.25) is 0 Å². The summed E-state index contributed by atoms with van der Waals surface area (Å²) in [7, 11) is 0. The Hall–Kier alpha value is -2.63. The highest BCUT2D eigenvalue weighted by atomic mass is 16.5. The van der Waals surface area contributed by atoms with Crippen LogP contribution >= 0.6 is 0 Å². The van der Waals surface area contributed by atoms with Crippen LogP contribution in [0.2, 0.25) is 0 Å². The molecule has 2 rings (SSSR count). The van der Waals surface area contributed by atoms with Gasteiger partial charge in [0, 0.05) is 18.8 Å². The summed E-state index contributed by atoms with van der Waals surface area (Å²) in [6.07, 6.45) is 3.21. The fourth-order valence-electron chi connectivity index (χ4n) is 2.21. The molecular formula is C18H24N4O2. The molecule has 0 saturated heterocycles. The topological polar surface area (TPSA) is 67.4 Å². The number of hydrogen-bond donors (Lipinski definition) is 1. The number of benzene rings is 1. The number of nitrogens with zero attached hydrogens (tertiary/aromatic N) is 3. The molecule has 0 atom stereocenters. The van der Waals surface area contributed by atoms with Gasteiger partial charge in [-0.05, 0) is 52.0 Å². The maximum absolute atomic E-state index is 12.2. The summed E-state index contributed by atoms with van der Waals surface area (Å²) in [6, 6.07) is 7.62. The molecule has 2 aromatic rings. The Labute approximate surface area is 142 Å². The van der Waals surface area contributed by atoms with Crippen LogP contribution in [0.5, 0.6) is 5.75 Å². The fraction of sp³-hybridized carbons (Fsp3) is 0.389. The van der Waals surface area contributed by atoms with E-state index in [4.69, 9.17) is 4.74 Å². The number of ether oxygens (including phenoxy) is 1. The van der Waals surface area contributed by atoms with Crippen molar-refractivity contribution in [2.45, 2.75) is 33.8 Å². The van der Waals surface area contributed by atoms with Crippen LogP contribution in [0, 0.1) is 0 Å². The van der Waals surface area contributed by atoms with Crippen LogP contribution in [-0.2, 0) is 0 Å². The molecule has 1 amide bonds. The average molecular weight is 328 g/mol. The first-order chi connectivity index (χ1) is 11.5. The zero-order valence-electron chi connectivity index (χ0n) is 14.6. The lowest BCUT2D eigenvalue weighted by Crippen LogP contribution is -2.31. The van der Waals surface area contributed by atoms with Gasteiger partial charge < -0.3 is 15.0 Å². The maximum Gasteiger partial charge on any atom is 0.274 e. The second-order valence-electron chi connectivity index (χ2n) is 5.58. The zero-order valence-corrected chi connectivity index (χ0v) is 14.6. The number of amides is 1. The van der Waals surface area contributed by atoms with Gasteiger partial charge in [-0.15, -0.1) is 0 Å². The normalized spacial score (nSPS) is 10.5. The Morgan fingerprint density at radius 3 is 2.29 bits per heavy atom. The Morgan fingerprint density at radius 2 is 1.79 bits per heavy atom. The van der Waals surface area contributed by atoms with Crippen LogP contribution < -0.4 is 10.1 Å². The van der Waals surface area contributed by atoms with Crippen molar-refractivity contribution < 1.29 is 9.53 Å². The van der Waals surface area contributed by atoms with E-state index in [-0.39, 0.29) is 12.0 Å². The van der Waals surface area contributed by atoms with Gasteiger partial charge in [0.05, 0.1) is 18.5 Å². The third-order valence-electron chi connectivity index (χ3n) is 3.42. The molecule has 0 radical (unpaired) electrons. The van der Waals surface area contributed by atoms with Crippen LogP contribution in [0.25, 0.3) is 0 Å². The van der Waals surface area contributed by atoms with Crippen LogP contribution in [0.1, 0.15) is 38.2 Å². The second kappa shape index (κ2) is 8.29. The van der Waals surface area contributed by atoms with Gasteiger partial charge in [-0.25, -0.2) is 9.97 Å². The second-order valence-corrected chi connectivity index (χ2v) is 5.58. The average Bonchev–Trinajstić information content (AvgIpc) is 2.58.